The van der Waals surface area contributed by atoms with Crippen LogP contribution in [0.25, 0.3) is 5.65 Å². The van der Waals surface area contributed by atoms with E-state index in [1.54, 1.807) is 16.8 Å². The average Bonchev–Trinajstić information content (AvgIpc) is 2.98. The van der Waals surface area contributed by atoms with Crippen LogP contribution in [0.3, 0.4) is 0 Å². The summed E-state index contributed by atoms with van der Waals surface area (Å²) in [5, 5.41) is 31.5. The fraction of sp³-hybridized carbons (Fsp3) is 0.375. The maximum Gasteiger partial charge on any atom is 0.229 e. The lowest BCUT2D eigenvalue weighted by molar-refractivity contribution is -0.605. The molecule has 3 aromatic rings. The van der Waals surface area contributed by atoms with Gasteiger partial charge < -0.3 is 20.9 Å². The topological polar surface area (TPSA) is 114 Å². The lowest BCUT2D eigenvalue weighted by Crippen LogP contribution is -2.30. The van der Waals surface area contributed by atoms with E-state index < -0.39 is 0 Å². The van der Waals surface area contributed by atoms with E-state index in [0.717, 1.165) is 14.8 Å². The van der Waals surface area contributed by atoms with Gasteiger partial charge in [-0.2, -0.15) is 24.3 Å². The third-order valence-electron chi connectivity index (χ3n) is 3.93. The van der Waals surface area contributed by atoms with Crippen LogP contribution in [0, 0.1) is 11.1 Å². The van der Waals surface area contributed by atoms with Crippen LogP contribution in [0.4, 0.5) is 11.9 Å². The number of aliphatic hydroxyl groups excluding tert-OH is 1. The molecule has 0 aliphatic heterocycles. The monoisotopic (exact) mass is 421 g/mol. The molecule has 0 amide bonds. The Kier molecular flexibility index (Phi) is 5.52. The maximum absolute atomic E-state index is 11.4. The first kappa shape index (κ1) is 18.3. The van der Waals surface area contributed by atoms with Gasteiger partial charge in [-0.1, -0.05) is 13.8 Å². The highest BCUT2D eigenvalue weighted by atomic mass is 79.9. The molecule has 3 rings (SSSR count). The average molecular weight is 422 g/mol. The zero-order chi connectivity index (χ0) is 18.7. The van der Waals surface area contributed by atoms with Gasteiger partial charge in [-0.15, -0.1) is 0 Å². The second-order valence-electron chi connectivity index (χ2n) is 6.20. The molecule has 0 fully saturated rings. The van der Waals surface area contributed by atoms with Crippen LogP contribution >= 0.6 is 15.9 Å². The second kappa shape index (κ2) is 7.83. The van der Waals surface area contributed by atoms with E-state index in [4.69, 9.17) is 0 Å². The number of hydrogen-bond acceptors (Lipinski definition) is 7. The van der Waals surface area contributed by atoms with Crippen LogP contribution in [0.5, 0.6) is 0 Å². The highest BCUT2D eigenvalue weighted by Gasteiger charge is 2.17. The molecule has 3 N–H and O–H groups in total. The summed E-state index contributed by atoms with van der Waals surface area (Å²) < 4.78 is 3.05. The Morgan fingerprint density at radius 2 is 2.19 bits per heavy atom. The smallest absolute Gasteiger partial charge is 0.229 e. The van der Waals surface area contributed by atoms with Gasteiger partial charge in [0, 0.05) is 18.2 Å². The van der Waals surface area contributed by atoms with Crippen LogP contribution < -0.4 is 15.4 Å². The molecule has 0 aromatic carbocycles. The summed E-state index contributed by atoms with van der Waals surface area (Å²) >= 11 is 3.43. The zero-order valence-corrected chi connectivity index (χ0v) is 16.0. The maximum atomic E-state index is 11.4. The number of anilines is 2. The van der Waals surface area contributed by atoms with E-state index >= 15 is 0 Å². The third-order valence-corrected chi connectivity index (χ3v) is 4.49. The third kappa shape index (κ3) is 4.02. The predicted octanol–water partition coefficient (Wildman–Crippen LogP) is 1.56. The standard InChI is InChI=1S/C16H20BrN7O2/c1-10(2)13(9-25)20-15-21-14-12(17)7-19-24(14)16(22-15)18-6-11-4-3-5-23(26)8-11/h3-5,7-8,10,13,25H,6,9H2,1-2H3,(H2,18,20,21,22). The van der Waals surface area contributed by atoms with Crippen LogP contribution in [0.1, 0.15) is 19.4 Å². The Balaban J connectivity index is 1.90. The summed E-state index contributed by atoms with van der Waals surface area (Å²) in [4.78, 5) is 8.93. The first-order chi connectivity index (χ1) is 12.5. The number of rotatable bonds is 7. The van der Waals surface area contributed by atoms with E-state index in [1.165, 1.54) is 12.4 Å². The molecule has 9 nitrogen and oxygen atoms in total. The van der Waals surface area contributed by atoms with E-state index in [-0.39, 0.29) is 18.6 Å². The van der Waals surface area contributed by atoms with Crippen molar-refractivity contribution in [1.82, 2.24) is 19.6 Å². The van der Waals surface area contributed by atoms with Crippen molar-refractivity contribution in [2.45, 2.75) is 26.4 Å². The van der Waals surface area contributed by atoms with Crippen LogP contribution in [0.2, 0.25) is 0 Å². The molecule has 3 aromatic heterocycles. The molecule has 26 heavy (non-hydrogen) atoms. The number of nitrogens with one attached hydrogen (secondary N) is 2. The summed E-state index contributed by atoms with van der Waals surface area (Å²) in [7, 11) is 0. The number of halogens is 1. The van der Waals surface area contributed by atoms with E-state index in [0.29, 0.717) is 24.1 Å². The van der Waals surface area contributed by atoms with Crippen molar-refractivity contribution >= 4 is 33.5 Å². The molecule has 0 spiro atoms. The highest BCUT2D eigenvalue weighted by molar-refractivity contribution is 9.10. The summed E-state index contributed by atoms with van der Waals surface area (Å²) in [5.41, 5.74) is 1.41. The fourth-order valence-corrected chi connectivity index (χ4v) is 2.75. The predicted molar refractivity (Wildman–Crippen MR) is 101 cm³/mol. The van der Waals surface area contributed by atoms with E-state index in [2.05, 4.69) is 41.6 Å². The molecule has 0 saturated carbocycles. The number of nitrogens with zero attached hydrogens (tertiary/aromatic N) is 5. The normalized spacial score (nSPS) is 12.5. The Morgan fingerprint density at radius 3 is 2.88 bits per heavy atom. The minimum absolute atomic E-state index is 0.0249. The first-order valence-corrected chi connectivity index (χ1v) is 8.97. The SMILES string of the molecule is CC(C)C(CO)Nc1nc(NCc2ccc[n+]([O-])c2)n2ncc(Br)c2n1. The van der Waals surface area contributed by atoms with Gasteiger partial charge in [0.2, 0.25) is 11.9 Å². The number of pyridine rings is 1. The van der Waals surface area contributed by atoms with Crippen LogP contribution in [-0.2, 0) is 6.54 Å². The van der Waals surface area contributed by atoms with Gasteiger partial charge >= 0.3 is 0 Å². The molecule has 0 aliphatic carbocycles. The Labute approximate surface area is 158 Å². The first-order valence-electron chi connectivity index (χ1n) is 8.18. The summed E-state index contributed by atoms with van der Waals surface area (Å²) in [6.45, 7) is 4.39. The number of aliphatic hydroxyl groups is 1. The van der Waals surface area contributed by atoms with Gasteiger partial charge in [-0.05, 0) is 27.9 Å². The number of fused-ring (bicyclic) bond motifs is 1. The quantitative estimate of drug-likeness (QED) is 0.391. The second-order valence-corrected chi connectivity index (χ2v) is 7.06. The number of hydrogen-bond donors (Lipinski definition) is 3. The van der Waals surface area contributed by atoms with Gasteiger partial charge in [-0.3, -0.25) is 0 Å². The van der Waals surface area contributed by atoms with Crippen molar-refractivity contribution in [1.29, 1.82) is 0 Å². The van der Waals surface area contributed by atoms with Crippen LogP contribution in [0.15, 0.2) is 35.2 Å². The molecule has 138 valence electrons. The van der Waals surface area contributed by atoms with Crippen molar-refractivity contribution in [3.8, 4) is 0 Å². The van der Waals surface area contributed by atoms with Crippen LogP contribution in [-0.4, -0.2) is 37.3 Å². The van der Waals surface area contributed by atoms with Crippen molar-refractivity contribution in [3.05, 3.63) is 46.0 Å². The zero-order valence-electron chi connectivity index (χ0n) is 14.4. The molecule has 0 bridgehead atoms. The van der Waals surface area contributed by atoms with Gasteiger partial charge in [0.1, 0.15) is 0 Å². The number of aromatic nitrogens is 5. The molecular weight excluding hydrogens is 402 g/mol. The molecule has 0 saturated heterocycles. The van der Waals surface area contributed by atoms with Crippen molar-refractivity contribution < 1.29 is 9.84 Å². The Morgan fingerprint density at radius 1 is 1.38 bits per heavy atom. The molecule has 1 atom stereocenters. The van der Waals surface area contributed by atoms with Gasteiger partial charge in [0.05, 0.1) is 23.3 Å². The molecule has 10 heteroatoms. The van der Waals surface area contributed by atoms with Crippen molar-refractivity contribution in [2.24, 2.45) is 5.92 Å². The van der Waals surface area contributed by atoms with Crippen molar-refractivity contribution in [2.75, 3.05) is 17.2 Å². The molecule has 1 unspecified atom stereocenters. The van der Waals surface area contributed by atoms with Gasteiger partial charge in [0.15, 0.2) is 18.0 Å². The molecule has 0 aliphatic rings. The highest BCUT2D eigenvalue weighted by Crippen LogP contribution is 2.21. The van der Waals surface area contributed by atoms with Gasteiger partial charge in [0.25, 0.3) is 0 Å². The van der Waals surface area contributed by atoms with E-state index in [1.807, 2.05) is 19.9 Å². The molecule has 0 radical (unpaired) electrons. The van der Waals surface area contributed by atoms with Crippen molar-refractivity contribution in [3.63, 3.8) is 0 Å². The summed E-state index contributed by atoms with van der Waals surface area (Å²) in [6.07, 6.45) is 4.56. The lowest BCUT2D eigenvalue weighted by Gasteiger charge is -2.20. The van der Waals surface area contributed by atoms with E-state index in [9.17, 15) is 10.3 Å². The molecular formula is C16H20BrN7O2. The molecule has 3 heterocycles. The minimum Gasteiger partial charge on any atom is -0.619 e. The Bertz CT molecular complexity index is 899. The lowest BCUT2D eigenvalue weighted by atomic mass is 10.1. The fourth-order valence-electron chi connectivity index (χ4n) is 2.41. The Hall–Kier alpha value is -2.46. The minimum atomic E-state index is -0.166. The van der Waals surface area contributed by atoms with Gasteiger partial charge in [-0.25, -0.2) is 0 Å². The summed E-state index contributed by atoms with van der Waals surface area (Å²) in [5.74, 6) is 1.08. The largest absolute Gasteiger partial charge is 0.619 e. The summed E-state index contributed by atoms with van der Waals surface area (Å²) in [6, 6.07) is 3.37.